The van der Waals surface area contributed by atoms with E-state index in [9.17, 15) is 14.0 Å². The molecular weight excluding hydrogens is 372 g/mol. The number of carbonyl (C=O) groups excluding carboxylic acids is 2. The number of ether oxygens (including phenoxy) is 1. The van der Waals surface area contributed by atoms with E-state index in [0.29, 0.717) is 37.4 Å². The maximum atomic E-state index is 14.2. The van der Waals surface area contributed by atoms with Crippen LogP contribution >= 0.6 is 24.8 Å². The summed E-state index contributed by atoms with van der Waals surface area (Å²) in [7, 11) is 1.50. The number of rotatable bonds is 5. The van der Waals surface area contributed by atoms with Crippen LogP contribution in [0.4, 0.5) is 10.1 Å². The van der Waals surface area contributed by atoms with Crippen LogP contribution in [0.5, 0.6) is 0 Å². The predicted octanol–water partition coefficient (Wildman–Crippen LogP) is 1.49. The lowest BCUT2D eigenvalue weighted by molar-refractivity contribution is -0.134. The van der Waals surface area contributed by atoms with E-state index in [2.05, 4.69) is 0 Å². The normalized spacial score (nSPS) is 15.0. The highest BCUT2D eigenvalue weighted by Crippen LogP contribution is 2.22. The van der Waals surface area contributed by atoms with E-state index in [-0.39, 0.29) is 43.1 Å². The minimum atomic E-state index is -0.668. The molecule has 0 spiro atoms. The lowest BCUT2D eigenvalue weighted by Gasteiger charge is -2.37. The van der Waals surface area contributed by atoms with Gasteiger partial charge in [0.1, 0.15) is 11.9 Å². The molecule has 1 saturated heterocycles. The number of nitrogens with zero attached hydrogens (tertiary/aromatic N) is 2. The molecule has 1 aliphatic rings. The molecular formula is C16H24Cl2FN3O3. The van der Waals surface area contributed by atoms with Gasteiger partial charge in [-0.2, -0.15) is 0 Å². The van der Waals surface area contributed by atoms with Crippen molar-refractivity contribution in [3.63, 3.8) is 0 Å². The summed E-state index contributed by atoms with van der Waals surface area (Å²) in [6.07, 6.45) is 0. The molecule has 0 aliphatic carbocycles. The zero-order chi connectivity index (χ0) is 17.0. The highest BCUT2D eigenvalue weighted by molar-refractivity contribution is 5.94. The largest absolute Gasteiger partial charge is 0.383 e. The van der Waals surface area contributed by atoms with E-state index in [1.54, 1.807) is 17.0 Å². The third-order valence-electron chi connectivity index (χ3n) is 3.95. The smallest absolute Gasteiger partial charge is 0.241 e. The highest BCUT2D eigenvalue weighted by atomic mass is 35.5. The Morgan fingerprint density at radius 2 is 1.84 bits per heavy atom. The average Bonchev–Trinajstić information content (AvgIpc) is 2.54. The molecule has 0 bridgehead atoms. The maximum absolute atomic E-state index is 14.2. The topological polar surface area (TPSA) is 75.9 Å². The third kappa shape index (κ3) is 5.81. The number of halogens is 3. The monoisotopic (exact) mass is 395 g/mol. The Bertz CT molecular complexity index is 596. The molecule has 9 heteroatoms. The van der Waals surface area contributed by atoms with E-state index < -0.39 is 11.9 Å². The first-order valence-electron chi connectivity index (χ1n) is 7.52. The number of Topliss-reactive ketones (excluding diaryl/α,β-unsaturated/α-hetero) is 1. The van der Waals surface area contributed by atoms with Crippen LogP contribution in [0.3, 0.4) is 0 Å². The maximum Gasteiger partial charge on any atom is 0.241 e. The van der Waals surface area contributed by atoms with Gasteiger partial charge in [-0.1, -0.05) is 0 Å². The van der Waals surface area contributed by atoms with Crippen molar-refractivity contribution in [3.05, 3.63) is 29.6 Å². The summed E-state index contributed by atoms with van der Waals surface area (Å²) in [5.41, 5.74) is 6.55. The van der Waals surface area contributed by atoms with Gasteiger partial charge < -0.3 is 20.3 Å². The van der Waals surface area contributed by atoms with Crippen LogP contribution < -0.4 is 10.6 Å². The molecule has 1 aliphatic heterocycles. The zero-order valence-corrected chi connectivity index (χ0v) is 15.9. The van der Waals surface area contributed by atoms with Crippen LogP contribution in [0.15, 0.2) is 18.2 Å². The van der Waals surface area contributed by atoms with Crippen LogP contribution in [0.1, 0.15) is 17.3 Å². The minimum absolute atomic E-state index is 0. The standard InChI is InChI=1S/C16H22FN3O3.2ClH/c1-11(21)12-3-4-15(13(17)9-12)19-5-7-20(8-6-19)16(22)14(18)10-23-2;;/h3-4,9,14H,5-8,10,18H2,1-2H3;2*1H. The number of hydrogen-bond acceptors (Lipinski definition) is 5. The summed E-state index contributed by atoms with van der Waals surface area (Å²) >= 11 is 0. The van der Waals surface area contributed by atoms with Crippen LogP contribution in [0.2, 0.25) is 0 Å². The summed E-state index contributed by atoms with van der Waals surface area (Å²) in [5.74, 6) is -0.745. The summed E-state index contributed by atoms with van der Waals surface area (Å²) in [4.78, 5) is 26.9. The minimum Gasteiger partial charge on any atom is -0.383 e. The van der Waals surface area contributed by atoms with Gasteiger partial charge in [-0.3, -0.25) is 9.59 Å². The van der Waals surface area contributed by atoms with Gasteiger partial charge in [0.15, 0.2) is 5.78 Å². The summed E-state index contributed by atoms with van der Waals surface area (Å²) in [5, 5.41) is 0. The quantitative estimate of drug-likeness (QED) is 0.764. The van der Waals surface area contributed by atoms with Crippen LogP contribution in [-0.2, 0) is 9.53 Å². The Kier molecular flexibility index (Phi) is 9.96. The van der Waals surface area contributed by atoms with Crippen molar-refractivity contribution >= 4 is 42.2 Å². The molecule has 0 radical (unpaired) electrons. The lowest BCUT2D eigenvalue weighted by atomic mass is 10.1. The molecule has 1 aromatic carbocycles. The number of amides is 1. The van der Waals surface area contributed by atoms with Crippen molar-refractivity contribution in [1.29, 1.82) is 0 Å². The molecule has 1 atom stereocenters. The molecule has 25 heavy (non-hydrogen) atoms. The number of anilines is 1. The van der Waals surface area contributed by atoms with E-state index in [0.717, 1.165) is 0 Å². The van der Waals surface area contributed by atoms with Gasteiger partial charge in [-0.05, 0) is 25.1 Å². The number of hydrogen-bond donors (Lipinski definition) is 1. The second-order valence-corrected chi connectivity index (χ2v) is 5.60. The fourth-order valence-electron chi connectivity index (χ4n) is 2.64. The molecule has 6 nitrogen and oxygen atoms in total. The van der Waals surface area contributed by atoms with E-state index in [1.165, 1.54) is 20.1 Å². The molecule has 1 heterocycles. The van der Waals surface area contributed by atoms with Gasteiger partial charge in [0, 0.05) is 38.9 Å². The molecule has 1 aromatic rings. The Labute approximate surface area is 159 Å². The van der Waals surface area contributed by atoms with Gasteiger partial charge in [-0.25, -0.2) is 4.39 Å². The van der Waals surface area contributed by atoms with Gasteiger partial charge in [-0.15, -0.1) is 24.8 Å². The van der Waals surface area contributed by atoms with Gasteiger partial charge >= 0.3 is 0 Å². The fourth-order valence-corrected chi connectivity index (χ4v) is 2.64. The van der Waals surface area contributed by atoms with Crippen molar-refractivity contribution in [2.75, 3.05) is 44.8 Å². The molecule has 1 fully saturated rings. The Morgan fingerprint density at radius 1 is 1.24 bits per heavy atom. The molecule has 1 unspecified atom stereocenters. The average molecular weight is 396 g/mol. The number of nitrogens with two attached hydrogens (primary N) is 1. The molecule has 2 N–H and O–H groups in total. The molecule has 142 valence electrons. The third-order valence-corrected chi connectivity index (χ3v) is 3.95. The number of carbonyl (C=O) groups is 2. The number of benzene rings is 1. The van der Waals surface area contributed by atoms with Crippen molar-refractivity contribution < 1.29 is 18.7 Å². The van der Waals surface area contributed by atoms with Crippen LogP contribution in [0, 0.1) is 5.82 Å². The second kappa shape index (κ2) is 10.6. The van der Waals surface area contributed by atoms with Crippen LogP contribution in [-0.4, -0.2) is 62.5 Å². The Morgan fingerprint density at radius 3 is 2.32 bits per heavy atom. The first kappa shape index (κ1) is 23.6. The number of piperazine rings is 1. The van der Waals surface area contributed by atoms with Gasteiger partial charge in [0.2, 0.25) is 5.91 Å². The van der Waals surface area contributed by atoms with E-state index in [4.69, 9.17) is 10.5 Å². The van der Waals surface area contributed by atoms with Crippen molar-refractivity contribution in [3.8, 4) is 0 Å². The first-order valence-corrected chi connectivity index (χ1v) is 7.52. The van der Waals surface area contributed by atoms with E-state index in [1.807, 2.05) is 4.90 Å². The molecule has 2 rings (SSSR count). The summed E-state index contributed by atoms with van der Waals surface area (Å²) in [6.45, 7) is 3.57. The SMILES string of the molecule is COCC(N)C(=O)N1CCN(c2ccc(C(C)=O)cc2F)CC1.Cl.Cl. The Hall–Kier alpha value is -1.41. The van der Waals surface area contributed by atoms with Crippen LogP contribution in [0.25, 0.3) is 0 Å². The molecule has 1 amide bonds. The zero-order valence-electron chi connectivity index (χ0n) is 14.2. The van der Waals surface area contributed by atoms with E-state index >= 15 is 0 Å². The highest BCUT2D eigenvalue weighted by Gasteiger charge is 2.26. The number of ketones is 1. The summed E-state index contributed by atoms with van der Waals surface area (Å²) < 4.78 is 19.1. The second-order valence-electron chi connectivity index (χ2n) is 5.60. The van der Waals surface area contributed by atoms with Gasteiger partial charge in [0.25, 0.3) is 0 Å². The number of methoxy groups -OCH3 is 1. The predicted molar refractivity (Wildman–Crippen MR) is 99.5 cm³/mol. The van der Waals surface area contributed by atoms with Gasteiger partial charge in [0.05, 0.1) is 12.3 Å². The first-order chi connectivity index (χ1) is 10.9. The van der Waals surface area contributed by atoms with Crippen molar-refractivity contribution in [2.45, 2.75) is 13.0 Å². The van der Waals surface area contributed by atoms with Crippen molar-refractivity contribution in [1.82, 2.24) is 4.90 Å². The lowest BCUT2D eigenvalue weighted by Crippen LogP contribution is -2.54. The molecule has 0 aromatic heterocycles. The molecule has 0 saturated carbocycles. The fraction of sp³-hybridized carbons (Fsp3) is 0.500. The Balaban J connectivity index is 0.00000288. The summed E-state index contributed by atoms with van der Waals surface area (Å²) in [6, 6.07) is 3.81. The van der Waals surface area contributed by atoms with Crippen molar-refractivity contribution in [2.24, 2.45) is 5.73 Å².